The van der Waals surface area contributed by atoms with Crippen molar-refractivity contribution < 1.29 is 23.6 Å². The maximum absolute atomic E-state index is 12.4. The van der Waals surface area contributed by atoms with Gasteiger partial charge in [0.2, 0.25) is 0 Å². The van der Waals surface area contributed by atoms with Gasteiger partial charge in [-0.05, 0) is 30.0 Å². The smallest absolute Gasteiger partial charge is 0.408 e. The van der Waals surface area contributed by atoms with Gasteiger partial charge in [-0.25, -0.2) is 9.42 Å². The third kappa shape index (κ3) is 6.14. The maximum atomic E-state index is 12.4. The number of rotatable bonds is 7. The Balaban J connectivity index is 1.50. The molecule has 1 fully saturated rings. The molecule has 8 nitrogen and oxygen atoms in total. The van der Waals surface area contributed by atoms with Crippen LogP contribution < -0.4 is 5.32 Å². The van der Waals surface area contributed by atoms with E-state index < -0.39 is 20.0 Å². The summed E-state index contributed by atoms with van der Waals surface area (Å²) in [6, 6.07) is 12.8. The lowest BCUT2D eigenvalue weighted by Gasteiger charge is -2.35. The molecule has 2 unspecified atom stereocenters. The number of hydrogen-bond donors (Lipinski definition) is 2. The Morgan fingerprint density at radius 1 is 1.25 bits per heavy atom. The zero-order valence-corrected chi connectivity index (χ0v) is 16.3. The molecule has 150 valence electrons. The van der Waals surface area contributed by atoms with Gasteiger partial charge in [0.25, 0.3) is 0 Å². The molecule has 2 N–H and O–H groups in total. The van der Waals surface area contributed by atoms with Crippen molar-refractivity contribution in [2.45, 2.75) is 31.9 Å². The van der Waals surface area contributed by atoms with Crippen molar-refractivity contribution in [3.8, 4) is 0 Å². The van der Waals surface area contributed by atoms with Gasteiger partial charge in [0.05, 0.1) is 6.04 Å². The maximum Gasteiger partial charge on any atom is 0.408 e. The fraction of sp³-hybridized carbons (Fsp3) is 0.368. The molecular weight excluding hydrogens is 381 g/mol. The average Bonchev–Trinajstić information content (AvgIpc) is 2.72. The monoisotopic (exact) mass is 405 g/mol. The van der Waals surface area contributed by atoms with E-state index in [2.05, 4.69) is 10.3 Å². The van der Waals surface area contributed by atoms with E-state index in [-0.39, 0.29) is 12.6 Å². The molecule has 1 amide bonds. The van der Waals surface area contributed by atoms with E-state index in [9.17, 15) is 14.3 Å². The summed E-state index contributed by atoms with van der Waals surface area (Å²) in [6.07, 6.45) is 4.77. The Morgan fingerprint density at radius 2 is 2.07 bits per heavy atom. The van der Waals surface area contributed by atoms with Gasteiger partial charge in [0, 0.05) is 18.9 Å². The molecule has 1 aliphatic heterocycles. The van der Waals surface area contributed by atoms with Gasteiger partial charge >= 0.3 is 13.7 Å². The number of pyridine rings is 1. The van der Waals surface area contributed by atoms with Crippen LogP contribution in [0, 0.1) is 0 Å². The number of piperidine rings is 1. The summed E-state index contributed by atoms with van der Waals surface area (Å²) < 4.78 is 22.9. The number of carbonyl (C=O) groups excluding carboxylic acids is 1. The number of nitrogens with zero attached hydrogens (tertiary/aromatic N) is 2. The van der Waals surface area contributed by atoms with Crippen molar-refractivity contribution in [1.29, 1.82) is 0 Å². The summed E-state index contributed by atoms with van der Waals surface area (Å²) in [4.78, 5) is 26.1. The summed E-state index contributed by atoms with van der Waals surface area (Å²) in [5, 5.41) is 3.83. The zero-order valence-electron chi connectivity index (χ0n) is 15.4. The predicted molar refractivity (Wildman–Crippen MR) is 103 cm³/mol. The van der Waals surface area contributed by atoms with Crippen molar-refractivity contribution in [3.05, 3.63) is 66.0 Å². The quantitative estimate of drug-likeness (QED) is 0.679. The molecule has 0 saturated carbocycles. The number of benzene rings is 1. The molecule has 1 aliphatic rings. The van der Waals surface area contributed by atoms with E-state index in [0.717, 1.165) is 30.4 Å². The molecule has 0 aliphatic carbocycles. The number of alkyl carbamates (subject to hydrolysis) is 1. The SMILES string of the molecule is O=C(NCP(=O)(O)ON1CCCCC1c1cccnc1)OCc1ccccc1. The van der Waals surface area contributed by atoms with Crippen molar-refractivity contribution in [1.82, 2.24) is 15.4 Å². The lowest BCUT2D eigenvalue weighted by atomic mass is 9.99. The van der Waals surface area contributed by atoms with E-state index in [1.165, 1.54) is 5.06 Å². The fourth-order valence-electron chi connectivity index (χ4n) is 3.04. The van der Waals surface area contributed by atoms with Crippen LogP contribution in [0.4, 0.5) is 4.79 Å². The number of carbonyl (C=O) groups is 1. The molecule has 1 aromatic heterocycles. The molecule has 0 radical (unpaired) electrons. The molecule has 2 aromatic rings. The number of hydroxylamine groups is 2. The highest BCUT2D eigenvalue weighted by atomic mass is 31.2. The Kier molecular flexibility index (Phi) is 7.17. The summed E-state index contributed by atoms with van der Waals surface area (Å²) in [5.74, 6) is 0. The van der Waals surface area contributed by atoms with Crippen LogP contribution in [0.5, 0.6) is 0 Å². The van der Waals surface area contributed by atoms with Crippen LogP contribution >= 0.6 is 7.60 Å². The highest BCUT2D eigenvalue weighted by Gasteiger charge is 2.32. The molecule has 1 saturated heterocycles. The molecular formula is C19H24N3O5P. The first-order valence-electron chi connectivity index (χ1n) is 9.16. The van der Waals surface area contributed by atoms with E-state index in [0.29, 0.717) is 6.54 Å². The Morgan fingerprint density at radius 3 is 2.82 bits per heavy atom. The number of hydrogen-bond acceptors (Lipinski definition) is 6. The minimum Gasteiger partial charge on any atom is -0.445 e. The van der Waals surface area contributed by atoms with Crippen LogP contribution in [0.25, 0.3) is 0 Å². The third-order valence-electron chi connectivity index (χ3n) is 4.39. The van der Waals surface area contributed by atoms with E-state index in [4.69, 9.17) is 9.36 Å². The minimum absolute atomic E-state index is 0.0818. The van der Waals surface area contributed by atoms with Crippen molar-refractivity contribution in [2.24, 2.45) is 0 Å². The van der Waals surface area contributed by atoms with E-state index in [1.807, 2.05) is 42.5 Å². The Labute approximate surface area is 164 Å². The van der Waals surface area contributed by atoms with Crippen molar-refractivity contribution in [2.75, 3.05) is 12.8 Å². The molecule has 1 aromatic carbocycles. The van der Waals surface area contributed by atoms with Gasteiger partial charge in [-0.3, -0.25) is 9.55 Å². The summed E-state index contributed by atoms with van der Waals surface area (Å²) >= 11 is 0. The van der Waals surface area contributed by atoms with Crippen LogP contribution in [0.2, 0.25) is 0 Å². The summed E-state index contributed by atoms with van der Waals surface area (Å²) in [5.41, 5.74) is 1.76. The number of ether oxygens (including phenoxy) is 1. The van der Waals surface area contributed by atoms with Gasteiger partial charge in [-0.15, -0.1) is 0 Å². The molecule has 0 bridgehead atoms. The third-order valence-corrected chi connectivity index (χ3v) is 5.41. The zero-order chi connectivity index (χ0) is 19.8. The van der Waals surface area contributed by atoms with Gasteiger partial charge in [0.1, 0.15) is 12.9 Å². The minimum atomic E-state index is -4.07. The first-order valence-corrected chi connectivity index (χ1v) is 10.9. The molecule has 28 heavy (non-hydrogen) atoms. The normalized spacial score (nSPS) is 19.5. The van der Waals surface area contributed by atoms with Gasteiger partial charge in [-0.1, -0.05) is 42.8 Å². The standard InChI is InChI=1S/C19H24N3O5P/c23-19(26-14-16-7-2-1-3-8-16)21-15-28(24,25)27-22-12-5-4-10-18(22)17-9-6-11-20-13-17/h1-3,6-9,11,13,18H,4-5,10,12,14-15H2,(H,21,23)(H,24,25). The van der Waals surface area contributed by atoms with E-state index in [1.54, 1.807) is 12.4 Å². The van der Waals surface area contributed by atoms with Crippen molar-refractivity contribution >= 4 is 13.7 Å². The lowest BCUT2D eigenvalue weighted by Crippen LogP contribution is -2.34. The second kappa shape index (κ2) is 9.80. The molecule has 0 spiro atoms. The van der Waals surface area contributed by atoms with Crippen LogP contribution in [-0.2, 0) is 20.5 Å². The number of aromatic nitrogens is 1. The Bertz CT molecular complexity index is 806. The average molecular weight is 405 g/mol. The molecule has 3 rings (SSSR count). The molecule has 2 heterocycles. The van der Waals surface area contributed by atoms with Gasteiger partial charge < -0.3 is 14.9 Å². The lowest BCUT2D eigenvalue weighted by molar-refractivity contribution is -0.121. The molecule has 2 atom stereocenters. The predicted octanol–water partition coefficient (Wildman–Crippen LogP) is 3.61. The fourth-order valence-corrected chi connectivity index (χ4v) is 3.95. The van der Waals surface area contributed by atoms with E-state index >= 15 is 0 Å². The first kappa shape index (κ1) is 20.5. The van der Waals surface area contributed by atoms with Crippen LogP contribution in [0.15, 0.2) is 54.9 Å². The van der Waals surface area contributed by atoms with Crippen molar-refractivity contribution in [3.63, 3.8) is 0 Å². The first-order chi connectivity index (χ1) is 13.5. The topological polar surface area (TPSA) is 101 Å². The molecule has 9 heteroatoms. The second-order valence-corrected chi connectivity index (χ2v) is 8.31. The van der Waals surface area contributed by atoms with Gasteiger partial charge in [0.15, 0.2) is 0 Å². The van der Waals surface area contributed by atoms with Gasteiger partial charge in [-0.2, -0.15) is 5.06 Å². The highest BCUT2D eigenvalue weighted by molar-refractivity contribution is 7.52. The summed E-state index contributed by atoms with van der Waals surface area (Å²) in [6.45, 7) is 0.612. The Hall–Kier alpha value is -2.25. The summed E-state index contributed by atoms with van der Waals surface area (Å²) in [7, 11) is -4.07. The highest BCUT2D eigenvalue weighted by Crippen LogP contribution is 2.45. The second-order valence-electron chi connectivity index (χ2n) is 6.55. The number of nitrogens with one attached hydrogen (secondary N) is 1. The van der Waals surface area contributed by atoms with Crippen LogP contribution in [0.1, 0.15) is 36.4 Å². The van der Waals surface area contributed by atoms with Crippen LogP contribution in [-0.4, -0.2) is 33.9 Å². The number of amides is 1. The van der Waals surface area contributed by atoms with Crippen LogP contribution in [0.3, 0.4) is 0 Å². The largest absolute Gasteiger partial charge is 0.445 e.